The summed E-state index contributed by atoms with van der Waals surface area (Å²) in [6.07, 6.45) is 29.3. The van der Waals surface area contributed by atoms with Crippen LogP contribution in [0.25, 0.3) is 0 Å². The molecule has 1 atom stereocenters. The molecular weight excluding hydrogens is 466 g/mol. The minimum Gasteiger partial charge on any atom is -0.427 e. The number of rotatable bonds is 26. The molecule has 1 aromatic rings. The summed E-state index contributed by atoms with van der Waals surface area (Å²) in [4.78, 5) is 12.0. The second-order valence-electron chi connectivity index (χ2n) is 11.8. The van der Waals surface area contributed by atoms with E-state index in [9.17, 15) is 4.79 Å². The first kappa shape index (κ1) is 34.7. The van der Waals surface area contributed by atoms with Crippen LogP contribution in [0.5, 0.6) is 5.75 Å². The van der Waals surface area contributed by atoms with Crippen molar-refractivity contribution >= 4 is 5.97 Å². The van der Waals surface area contributed by atoms with Crippen molar-refractivity contribution in [1.29, 1.82) is 0 Å². The molecular formula is C35H63NO2. The molecule has 2 N–H and O–H groups in total. The lowest BCUT2D eigenvalue weighted by molar-refractivity contribution is -0.134. The largest absolute Gasteiger partial charge is 0.427 e. The Balaban J connectivity index is 2.11. The first-order chi connectivity index (χ1) is 18.6. The number of carbonyl (C=O) groups excluding carboxylic acids is 1. The van der Waals surface area contributed by atoms with Crippen molar-refractivity contribution < 1.29 is 9.53 Å². The third-order valence-electron chi connectivity index (χ3n) is 8.69. The van der Waals surface area contributed by atoms with Gasteiger partial charge in [0.05, 0.1) is 0 Å². The molecule has 0 bridgehead atoms. The molecule has 0 aliphatic rings. The maximum absolute atomic E-state index is 12.0. The van der Waals surface area contributed by atoms with Crippen molar-refractivity contribution in [2.24, 2.45) is 11.7 Å². The Labute approximate surface area is 237 Å². The number of unbranched alkanes of at least 4 members (excludes halogenated alkanes) is 16. The minimum absolute atomic E-state index is 0.0178. The number of ether oxygens (including phenoxy) is 1. The third-order valence-corrected chi connectivity index (χ3v) is 8.69. The fourth-order valence-corrected chi connectivity index (χ4v) is 5.82. The summed E-state index contributed by atoms with van der Waals surface area (Å²) in [6, 6.07) is 9.37. The van der Waals surface area contributed by atoms with Crippen LogP contribution in [-0.4, -0.2) is 11.5 Å². The zero-order valence-corrected chi connectivity index (χ0v) is 25.6. The molecule has 0 radical (unpaired) electrons. The molecule has 0 heterocycles. The highest BCUT2D eigenvalue weighted by molar-refractivity contribution is 5.72. The first-order valence-electron chi connectivity index (χ1n) is 16.6. The summed E-state index contributed by atoms with van der Waals surface area (Å²) >= 11 is 0. The number of hydrogen-bond donors (Lipinski definition) is 1. The molecule has 0 fully saturated rings. The van der Waals surface area contributed by atoms with Crippen molar-refractivity contribution in [3.05, 3.63) is 30.3 Å². The SMILES string of the molecule is CCCCCCCCCCCCCCCCC(CCCCCCC(=O)Oc1ccccc1)C(N)(CC)CC. The molecule has 1 unspecified atom stereocenters. The molecule has 1 aromatic carbocycles. The van der Waals surface area contributed by atoms with Crippen LogP contribution < -0.4 is 10.5 Å². The van der Waals surface area contributed by atoms with E-state index >= 15 is 0 Å². The Morgan fingerprint density at radius 3 is 1.53 bits per heavy atom. The maximum Gasteiger partial charge on any atom is 0.311 e. The van der Waals surface area contributed by atoms with E-state index in [4.69, 9.17) is 10.5 Å². The van der Waals surface area contributed by atoms with Gasteiger partial charge in [-0.1, -0.05) is 148 Å². The molecule has 0 aromatic heterocycles. The van der Waals surface area contributed by atoms with Crippen molar-refractivity contribution in [2.45, 2.75) is 174 Å². The molecule has 220 valence electrons. The molecule has 3 heteroatoms. The molecule has 38 heavy (non-hydrogen) atoms. The highest BCUT2D eigenvalue weighted by Gasteiger charge is 2.30. The summed E-state index contributed by atoms with van der Waals surface area (Å²) in [6.45, 7) is 6.82. The van der Waals surface area contributed by atoms with E-state index < -0.39 is 0 Å². The fraction of sp³-hybridized carbons (Fsp3) is 0.800. The van der Waals surface area contributed by atoms with Crippen LogP contribution >= 0.6 is 0 Å². The summed E-state index contributed by atoms with van der Waals surface area (Å²) in [5.41, 5.74) is 6.87. The number of benzene rings is 1. The molecule has 0 saturated heterocycles. The zero-order valence-electron chi connectivity index (χ0n) is 25.6. The van der Waals surface area contributed by atoms with Gasteiger partial charge in [0, 0.05) is 12.0 Å². The number of esters is 1. The number of hydrogen-bond acceptors (Lipinski definition) is 3. The van der Waals surface area contributed by atoms with E-state index in [0.717, 1.165) is 25.7 Å². The predicted molar refractivity (Wildman–Crippen MR) is 166 cm³/mol. The second kappa shape index (κ2) is 23.5. The zero-order chi connectivity index (χ0) is 27.7. The maximum atomic E-state index is 12.0. The summed E-state index contributed by atoms with van der Waals surface area (Å²) in [5, 5.41) is 0. The number of carbonyl (C=O) groups is 1. The average molecular weight is 530 g/mol. The molecule has 0 aliphatic carbocycles. The summed E-state index contributed by atoms with van der Waals surface area (Å²) < 4.78 is 5.39. The Hall–Kier alpha value is -1.35. The number of nitrogens with two attached hydrogens (primary N) is 1. The molecule has 3 nitrogen and oxygen atoms in total. The van der Waals surface area contributed by atoms with Crippen LogP contribution in [0.3, 0.4) is 0 Å². The molecule has 0 saturated carbocycles. The molecule has 1 rings (SSSR count). The van der Waals surface area contributed by atoms with E-state index in [1.165, 1.54) is 116 Å². The lowest BCUT2D eigenvalue weighted by Gasteiger charge is -2.36. The van der Waals surface area contributed by atoms with Crippen molar-refractivity contribution in [3.8, 4) is 5.75 Å². The van der Waals surface area contributed by atoms with Gasteiger partial charge in [-0.05, 0) is 50.2 Å². The number of para-hydroxylation sites is 1. The molecule has 0 aliphatic heterocycles. The van der Waals surface area contributed by atoms with Gasteiger partial charge in [-0.3, -0.25) is 4.79 Å². The van der Waals surface area contributed by atoms with Crippen LogP contribution in [-0.2, 0) is 4.79 Å². The normalized spacial score (nSPS) is 12.5. The lowest BCUT2D eigenvalue weighted by Crippen LogP contribution is -2.46. The van der Waals surface area contributed by atoms with Gasteiger partial charge in [-0.25, -0.2) is 0 Å². The fourth-order valence-electron chi connectivity index (χ4n) is 5.82. The smallest absolute Gasteiger partial charge is 0.311 e. The lowest BCUT2D eigenvalue weighted by atomic mass is 9.75. The Kier molecular flexibility index (Phi) is 21.5. The minimum atomic E-state index is -0.121. The quantitative estimate of drug-likeness (QED) is 0.0737. The average Bonchev–Trinajstić information content (AvgIpc) is 2.94. The van der Waals surface area contributed by atoms with Crippen molar-refractivity contribution in [1.82, 2.24) is 0 Å². The topological polar surface area (TPSA) is 52.3 Å². The van der Waals surface area contributed by atoms with Crippen LogP contribution in [0.15, 0.2) is 30.3 Å². The van der Waals surface area contributed by atoms with E-state index in [1.807, 2.05) is 30.3 Å². The van der Waals surface area contributed by atoms with Gasteiger partial charge < -0.3 is 10.5 Å². The van der Waals surface area contributed by atoms with Gasteiger partial charge in [0.1, 0.15) is 5.75 Å². The highest BCUT2D eigenvalue weighted by atomic mass is 16.5. The van der Waals surface area contributed by atoms with Crippen molar-refractivity contribution in [3.63, 3.8) is 0 Å². The van der Waals surface area contributed by atoms with Gasteiger partial charge in [-0.15, -0.1) is 0 Å². The summed E-state index contributed by atoms with van der Waals surface area (Å²) in [5.74, 6) is 1.14. The van der Waals surface area contributed by atoms with Crippen LogP contribution in [0.4, 0.5) is 0 Å². The van der Waals surface area contributed by atoms with Crippen LogP contribution in [0.2, 0.25) is 0 Å². The molecule has 0 spiro atoms. The standard InChI is InChI=1S/C35H63NO2/c1-4-7-8-9-10-11-12-13-14-15-16-17-18-22-27-32(35(36,5-2)6-3)28-23-19-20-26-31-34(37)38-33-29-24-21-25-30-33/h21,24-25,29-30,32H,4-20,22-23,26-28,31,36H2,1-3H3. The Bertz CT molecular complexity index is 655. The summed E-state index contributed by atoms with van der Waals surface area (Å²) in [7, 11) is 0. The Morgan fingerprint density at radius 2 is 1.08 bits per heavy atom. The van der Waals surface area contributed by atoms with Crippen LogP contribution in [0, 0.1) is 5.92 Å². The second-order valence-corrected chi connectivity index (χ2v) is 11.8. The van der Waals surface area contributed by atoms with Gasteiger partial charge >= 0.3 is 5.97 Å². The van der Waals surface area contributed by atoms with Crippen LogP contribution in [0.1, 0.15) is 168 Å². The Morgan fingerprint density at radius 1 is 0.658 bits per heavy atom. The predicted octanol–water partition coefficient (Wildman–Crippen LogP) is 10.9. The van der Waals surface area contributed by atoms with E-state index in [2.05, 4.69) is 20.8 Å². The molecule has 0 amide bonds. The monoisotopic (exact) mass is 529 g/mol. The van der Waals surface area contributed by atoms with E-state index in [1.54, 1.807) is 0 Å². The van der Waals surface area contributed by atoms with Gasteiger partial charge in [0.25, 0.3) is 0 Å². The van der Waals surface area contributed by atoms with Gasteiger partial charge in [0.15, 0.2) is 0 Å². The van der Waals surface area contributed by atoms with Crippen molar-refractivity contribution in [2.75, 3.05) is 0 Å². The van der Waals surface area contributed by atoms with Gasteiger partial charge in [0.2, 0.25) is 0 Å². The first-order valence-corrected chi connectivity index (χ1v) is 16.6. The van der Waals surface area contributed by atoms with E-state index in [-0.39, 0.29) is 11.5 Å². The van der Waals surface area contributed by atoms with Gasteiger partial charge in [-0.2, -0.15) is 0 Å². The highest BCUT2D eigenvalue weighted by Crippen LogP contribution is 2.32. The third kappa shape index (κ3) is 17.3. The van der Waals surface area contributed by atoms with E-state index in [0.29, 0.717) is 18.1 Å².